The minimum atomic E-state index is 0.514. The van der Waals surface area contributed by atoms with Crippen molar-refractivity contribution >= 4 is 49.1 Å². The lowest BCUT2D eigenvalue weighted by Crippen LogP contribution is -1.71. The third kappa shape index (κ3) is 2.14. The maximum Gasteiger partial charge on any atom is 0.0690 e. The Morgan fingerprint density at radius 3 is 2.25 bits per heavy atom. The highest BCUT2D eigenvalue weighted by molar-refractivity contribution is 9.11. The Kier molecular flexibility index (Phi) is 3.40. The lowest BCUT2D eigenvalue weighted by Gasteiger charge is -1.99. The van der Waals surface area contributed by atoms with Crippen LogP contribution < -0.4 is 0 Å². The molecule has 0 fully saturated rings. The van der Waals surface area contributed by atoms with Gasteiger partial charge in [0.15, 0.2) is 0 Å². The molecule has 0 aliphatic carbocycles. The lowest BCUT2D eigenvalue weighted by molar-refractivity contribution is 1.45. The van der Waals surface area contributed by atoms with Crippen molar-refractivity contribution in [3.63, 3.8) is 0 Å². The summed E-state index contributed by atoms with van der Waals surface area (Å²) in [5, 5.41) is 3.99. The molecule has 0 radical (unpaired) electrons. The number of nitrogens with zero attached hydrogens (tertiary/aromatic N) is 3. The Bertz CT molecular complexity index is 337. The Labute approximate surface area is 90.6 Å². The Balaban J connectivity index is 3.30. The average molecular weight is 311 g/mol. The van der Waals surface area contributed by atoms with Gasteiger partial charge in [0.2, 0.25) is 0 Å². The van der Waals surface area contributed by atoms with Gasteiger partial charge in [-0.05, 0) is 49.5 Å². The number of rotatable bonds is 1. The van der Waals surface area contributed by atoms with Gasteiger partial charge in [-0.1, -0.05) is 16.7 Å². The summed E-state index contributed by atoms with van der Waals surface area (Å²) in [6, 6.07) is 3.29. The molecule has 0 heterocycles. The predicted molar refractivity (Wildman–Crippen MR) is 55.7 cm³/mol. The molecule has 0 N–H and O–H groups in total. The first-order valence-corrected chi connectivity index (χ1v) is 4.81. The smallest absolute Gasteiger partial charge is 0.0690 e. The number of benzene rings is 1. The largest absolute Gasteiger partial charge is 0.0819 e. The van der Waals surface area contributed by atoms with E-state index in [1.807, 2.05) is 0 Å². The van der Waals surface area contributed by atoms with Crippen molar-refractivity contribution in [3.8, 4) is 0 Å². The van der Waals surface area contributed by atoms with Crippen LogP contribution in [0.4, 0.5) is 5.69 Å². The summed E-state index contributed by atoms with van der Waals surface area (Å²) >= 11 is 12.3. The summed E-state index contributed by atoms with van der Waals surface area (Å²) < 4.78 is 1.39. The molecule has 3 nitrogen and oxygen atoms in total. The molecule has 0 unspecified atom stereocenters. The van der Waals surface area contributed by atoms with Gasteiger partial charge in [-0.3, -0.25) is 0 Å². The van der Waals surface area contributed by atoms with E-state index in [9.17, 15) is 0 Å². The van der Waals surface area contributed by atoms with Gasteiger partial charge in [0.25, 0.3) is 0 Å². The van der Waals surface area contributed by atoms with Crippen LogP contribution in [0.25, 0.3) is 10.4 Å². The molecule has 0 aliphatic rings. The minimum Gasteiger partial charge on any atom is -0.0819 e. The van der Waals surface area contributed by atoms with Crippen molar-refractivity contribution in [2.75, 3.05) is 0 Å². The Morgan fingerprint density at radius 2 is 1.83 bits per heavy atom. The normalized spacial score (nSPS) is 9.25. The molecule has 0 amide bonds. The second-order valence-corrected chi connectivity index (χ2v) is 4.00. The fourth-order valence-electron chi connectivity index (χ4n) is 0.652. The standard InChI is InChI=1S/C6H2Br2ClN3/c7-4-1-3(11-12-10)2-5(8)6(4)9/h1-2H. The molecule has 0 spiro atoms. The SMILES string of the molecule is [N-]=[N+]=Nc1cc(Br)c(Cl)c(Br)c1. The number of hydrogen-bond donors (Lipinski definition) is 0. The Hall–Kier alpha value is -0.220. The predicted octanol–water partition coefficient (Wildman–Crippen LogP) is 4.81. The maximum absolute atomic E-state index is 8.17. The maximum atomic E-state index is 8.17. The van der Waals surface area contributed by atoms with E-state index in [4.69, 9.17) is 17.1 Å². The molecule has 1 aromatic rings. The van der Waals surface area contributed by atoms with E-state index in [0.29, 0.717) is 19.7 Å². The van der Waals surface area contributed by atoms with E-state index in [-0.39, 0.29) is 0 Å². The molecule has 1 rings (SSSR count). The second-order valence-electron chi connectivity index (χ2n) is 1.91. The third-order valence-electron chi connectivity index (χ3n) is 1.13. The van der Waals surface area contributed by atoms with E-state index in [2.05, 4.69) is 41.9 Å². The first-order chi connectivity index (χ1) is 5.65. The van der Waals surface area contributed by atoms with E-state index in [1.54, 1.807) is 12.1 Å². The van der Waals surface area contributed by atoms with Gasteiger partial charge in [-0.15, -0.1) is 0 Å². The zero-order valence-electron chi connectivity index (χ0n) is 5.63. The number of halogens is 3. The molecule has 1 aromatic carbocycles. The topological polar surface area (TPSA) is 48.8 Å². The molecule has 6 heteroatoms. The van der Waals surface area contributed by atoms with Crippen LogP contribution in [-0.2, 0) is 0 Å². The van der Waals surface area contributed by atoms with E-state index in [0.717, 1.165) is 0 Å². The van der Waals surface area contributed by atoms with Crippen molar-refractivity contribution in [1.29, 1.82) is 0 Å². The zero-order valence-corrected chi connectivity index (χ0v) is 9.56. The van der Waals surface area contributed by atoms with Gasteiger partial charge in [0.1, 0.15) is 0 Å². The third-order valence-corrected chi connectivity index (χ3v) is 3.24. The average Bonchev–Trinajstić information content (AvgIpc) is 2.01. The van der Waals surface area contributed by atoms with Crippen molar-refractivity contribution in [3.05, 3.63) is 36.5 Å². The van der Waals surface area contributed by atoms with E-state index < -0.39 is 0 Å². The summed E-state index contributed by atoms with van der Waals surface area (Å²) in [4.78, 5) is 2.66. The molecular weight excluding hydrogens is 309 g/mol. The summed E-state index contributed by atoms with van der Waals surface area (Å²) in [7, 11) is 0. The van der Waals surface area contributed by atoms with Crippen molar-refractivity contribution in [1.82, 2.24) is 0 Å². The molecule has 0 saturated heterocycles. The molecule has 0 atom stereocenters. The van der Waals surface area contributed by atoms with E-state index >= 15 is 0 Å². The molecule has 0 saturated carbocycles. The highest BCUT2D eigenvalue weighted by atomic mass is 79.9. The van der Waals surface area contributed by atoms with E-state index in [1.165, 1.54) is 0 Å². The summed E-state index contributed by atoms with van der Waals surface area (Å²) in [5.41, 5.74) is 8.68. The lowest BCUT2D eigenvalue weighted by atomic mass is 10.3. The molecule has 0 bridgehead atoms. The fourth-order valence-corrected chi connectivity index (χ4v) is 1.92. The van der Waals surface area contributed by atoms with Crippen molar-refractivity contribution in [2.24, 2.45) is 5.11 Å². The minimum absolute atomic E-state index is 0.514. The van der Waals surface area contributed by atoms with Gasteiger partial charge in [0.05, 0.1) is 5.02 Å². The number of azide groups is 1. The molecule has 62 valence electrons. The van der Waals surface area contributed by atoms with Crippen molar-refractivity contribution < 1.29 is 0 Å². The van der Waals surface area contributed by atoms with Crippen LogP contribution in [0, 0.1) is 0 Å². The monoisotopic (exact) mass is 309 g/mol. The first-order valence-electron chi connectivity index (χ1n) is 2.85. The van der Waals surface area contributed by atoms with Crippen LogP contribution in [-0.4, -0.2) is 0 Å². The van der Waals surface area contributed by atoms with Gasteiger partial charge in [-0.25, -0.2) is 0 Å². The van der Waals surface area contributed by atoms with Crippen LogP contribution in [0.1, 0.15) is 0 Å². The molecule has 0 aliphatic heterocycles. The van der Waals surface area contributed by atoms with Crippen LogP contribution in [0.3, 0.4) is 0 Å². The highest BCUT2D eigenvalue weighted by Gasteiger charge is 2.03. The fraction of sp³-hybridized carbons (Fsp3) is 0. The van der Waals surface area contributed by atoms with Crippen LogP contribution in [0.2, 0.25) is 5.02 Å². The molecule has 0 aromatic heterocycles. The van der Waals surface area contributed by atoms with Gasteiger partial charge in [-0.2, -0.15) is 0 Å². The van der Waals surface area contributed by atoms with Gasteiger partial charge in [0, 0.05) is 19.5 Å². The molecular formula is C6H2Br2ClN3. The molecule has 12 heavy (non-hydrogen) atoms. The first kappa shape index (κ1) is 9.86. The van der Waals surface area contributed by atoms with Gasteiger partial charge < -0.3 is 0 Å². The van der Waals surface area contributed by atoms with Gasteiger partial charge >= 0.3 is 0 Å². The summed E-state index contributed by atoms with van der Waals surface area (Å²) in [5.74, 6) is 0. The second kappa shape index (κ2) is 4.14. The van der Waals surface area contributed by atoms with Crippen LogP contribution in [0.15, 0.2) is 26.2 Å². The van der Waals surface area contributed by atoms with Crippen LogP contribution in [0.5, 0.6) is 0 Å². The zero-order chi connectivity index (χ0) is 9.14. The Morgan fingerprint density at radius 1 is 1.33 bits per heavy atom. The summed E-state index contributed by atoms with van der Waals surface area (Å²) in [6.45, 7) is 0. The summed E-state index contributed by atoms with van der Waals surface area (Å²) in [6.07, 6.45) is 0. The highest BCUT2D eigenvalue weighted by Crippen LogP contribution is 2.34. The quantitative estimate of drug-likeness (QED) is 0.309. The van der Waals surface area contributed by atoms with Crippen molar-refractivity contribution in [2.45, 2.75) is 0 Å². The van der Waals surface area contributed by atoms with Crippen LogP contribution >= 0.6 is 43.5 Å². The number of hydrogen-bond acceptors (Lipinski definition) is 1.